The number of thiocarbonyl (C=S) groups is 1. The van der Waals surface area contributed by atoms with Gasteiger partial charge in [0.1, 0.15) is 0 Å². The Morgan fingerprint density at radius 3 is 2.79 bits per heavy atom. The van der Waals surface area contributed by atoms with Gasteiger partial charge in [-0.2, -0.15) is 0 Å². The van der Waals surface area contributed by atoms with E-state index in [1.807, 2.05) is 25.1 Å². The third-order valence-electron chi connectivity index (χ3n) is 1.83. The molecular weight excluding hydrogens is 218 g/mol. The standard InChI is InChI=1S/C9H12ClN3S/c1-6-7(10)4-3-5-8(6)12-9(14)13(2)11/h3-5H,11H2,1-2H3,(H,12,14). The summed E-state index contributed by atoms with van der Waals surface area (Å²) in [6.45, 7) is 1.92. The predicted molar refractivity (Wildman–Crippen MR) is 64.4 cm³/mol. The van der Waals surface area contributed by atoms with Gasteiger partial charge in [-0.3, -0.25) is 5.01 Å². The first kappa shape index (κ1) is 11.2. The Balaban J connectivity index is 2.87. The lowest BCUT2D eigenvalue weighted by Gasteiger charge is -2.16. The predicted octanol–water partition coefficient (Wildman–Crippen LogP) is 2.15. The van der Waals surface area contributed by atoms with Crippen molar-refractivity contribution in [3.05, 3.63) is 28.8 Å². The molecule has 0 bridgehead atoms. The van der Waals surface area contributed by atoms with Crippen LogP contribution in [0.3, 0.4) is 0 Å². The van der Waals surface area contributed by atoms with Crippen LogP contribution in [0.2, 0.25) is 5.02 Å². The normalized spacial score (nSPS) is 9.71. The Morgan fingerprint density at radius 1 is 1.57 bits per heavy atom. The van der Waals surface area contributed by atoms with Gasteiger partial charge in [-0.25, -0.2) is 5.84 Å². The van der Waals surface area contributed by atoms with Gasteiger partial charge in [0.25, 0.3) is 0 Å². The quantitative estimate of drug-likeness (QED) is 0.440. The molecule has 0 atom stereocenters. The van der Waals surface area contributed by atoms with Crippen LogP contribution in [-0.4, -0.2) is 17.2 Å². The van der Waals surface area contributed by atoms with Crippen molar-refractivity contribution in [3.63, 3.8) is 0 Å². The summed E-state index contributed by atoms with van der Waals surface area (Å²) in [4.78, 5) is 0. The highest BCUT2D eigenvalue weighted by Crippen LogP contribution is 2.22. The molecule has 0 aliphatic heterocycles. The van der Waals surface area contributed by atoms with E-state index in [9.17, 15) is 0 Å². The lowest BCUT2D eigenvalue weighted by Crippen LogP contribution is -2.36. The number of hydrazine groups is 1. The number of nitrogens with two attached hydrogens (primary N) is 1. The largest absolute Gasteiger partial charge is 0.331 e. The molecule has 0 unspecified atom stereocenters. The second-order valence-electron chi connectivity index (χ2n) is 2.95. The van der Waals surface area contributed by atoms with Crippen molar-refractivity contribution in [2.75, 3.05) is 12.4 Å². The fourth-order valence-corrected chi connectivity index (χ4v) is 1.23. The monoisotopic (exact) mass is 229 g/mol. The van der Waals surface area contributed by atoms with E-state index in [-0.39, 0.29) is 0 Å². The van der Waals surface area contributed by atoms with Gasteiger partial charge in [-0.1, -0.05) is 17.7 Å². The molecule has 1 aromatic rings. The van der Waals surface area contributed by atoms with E-state index in [0.717, 1.165) is 11.3 Å². The van der Waals surface area contributed by atoms with E-state index in [2.05, 4.69) is 5.32 Å². The van der Waals surface area contributed by atoms with Gasteiger partial charge >= 0.3 is 0 Å². The van der Waals surface area contributed by atoms with E-state index in [1.54, 1.807) is 7.05 Å². The molecule has 3 nitrogen and oxygen atoms in total. The highest BCUT2D eigenvalue weighted by molar-refractivity contribution is 7.80. The lowest BCUT2D eigenvalue weighted by atomic mass is 10.2. The third-order valence-corrected chi connectivity index (χ3v) is 2.63. The number of benzene rings is 1. The highest BCUT2D eigenvalue weighted by Gasteiger charge is 2.04. The lowest BCUT2D eigenvalue weighted by molar-refractivity contribution is 0.548. The van der Waals surface area contributed by atoms with E-state index in [1.165, 1.54) is 5.01 Å². The van der Waals surface area contributed by atoms with Crippen LogP contribution in [0.4, 0.5) is 5.69 Å². The van der Waals surface area contributed by atoms with Crippen LogP contribution in [0.1, 0.15) is 5.56 Å². The molecule has 0 aliphatic carbocycles. The number of halogens is 1. The maximum Gasteiger partial charge on any atom is 0.187 e. The summed E-state index contributed by atoms with van der Waals surface area (Å²) < 4.78 is 0. The first-order valence-corrected chi connectivity index (χ1v) is 4.85. The molecule has 0 heterocycles. The Kier molecular flexibility index (Phi) is 3.69. The maximum absolute atomic E-state index is 5.95. The topological polar surface area (TPSA) is 41.3 Å². The number of rotatable bonds is 1. The molecule has 3 N–H and O–H groups in total. The zero-order valence-electron chi connectivity index (χ0n) is 8.04. The van der Waals surface area contributed by atoms with Gasteiger partial charge in [0.05, 0.1) is 0 Å². The smallest absolute Gasteiger partial charge is 0.187 e. The molecular formula is C9H12ClN3S. The highest BCUT2D eigenvalue weighted by atomic mass is 35.5. The molecule has 1 rings (SSSR count). The fraction of sp³-hybridized carbons (Fsp3) is 0.222. The summed E-state index contributed by atoms with van der Waals surface area (Å²) in [6.07, 6.45) is 0. The third kappa shape index (κ3) is 2.57. The Morgan fingerprint density at radius 2 is 2.21 bits per heavy atom. The zero-order valence-corrected chi connectivity index (χ0v) is 9.62. The average Bonchev–Trinajstić information content (AvgIpc) is 2.12. The summed E-state index contributed by atoms with van der Waals surface area (Å²) in [5.74, 6) is 5.47. The molecule has 0 saturated heterocycles. The number of hydrogen-bond donors (Lipinski definition) is 2. The molecule has 0 aliphatic rings. The van der Waals surface area contributed by atoms with Crippen molar-refractivity contribution in [1.82, 2.24) is 5.01 Å². The first-order chi connectivity index (χ1) is 6.52. The Hall–Kier alpha value is -0.840. The molecule has 0 fully saturated rings. The molecule has 0 spiro atoms. The van der Waals surface area contributed by atoms with Crippen molar-refractivity contribution in [3.8, 4) is 0 Å². The summed E-state index contributed by atoms with van der Waals surface area (Å²) in [5, 5.41) is 5.50. The van der Waals surface area contributed by atoms with Crippen LogP contribution < -0.4 is 11.2 Å². The van der Waals surface area contributed by atoms with Gasteiger partial charge in [0.15, 0.2) is 5.11 Å². The van der Waals surface area contributed by atoms with Crippen LogP contribution in [0.5, 0.6) is 0 Å². The van der Waals surface area contributed by atoms with Crippen LogP contribution in [-0.2, 0) is 0 Å². The maximum atomic E-state index is 5.95. The minimum atomic E-state index is 0.454. The number of hydrogen-bond acceptors (Lipinski definition) is 2. The van der Waals surface area contributed by atoms with Crippen LogP contribution in [0.15, 0.2) is 18.2 Å². The second-order valence-corrected chi connectivity index (χ2v) is 3.75. The molecule has 14 heavy (non-hydrogen) atoms. The minimum Gasteiger partial charge on any atom is -0.331 e. The first-order valence-electron chi connectivity index (χ1n) is 4.07. The summed E-state index contributed by atoms with van der Waals surface area (Å²) >= 11 is 11.0. The summed E-state index contributed by atoms with van der Waals surface area (Å²) in [7, 11) is 1.68. The van der Waals surface area contributed by atoms with Crippen molar-refractivity contribution in [2.45, 2.75) is 6.92 Å². The second kappa shape index (κ2) is 4.59. The molecule has 76 valence electrons. The Labute approximate surface area is 93.8 Å². The molecule has 0 amide bonds. The molecule has 0 aromatic heterocycles. The van der Waals surface area contributed by atoms with Gasteiger partial charge in [0, 0.05) is 17.8 Å². The van der Waals surface area contributed by atoms with Gasteiger partial charge in [-0.05, 0) is 36.8 Å². The summed E-state index contributed by atoms with van der Waals surface area (Å²) in [6, 6.07) is 5.59. The number of nitrogens with one attached hydrogen (secondary N) is 1. The van der Waals surface area contributed by atoms with Crippen LogP contribution >= 0.6 is 23.8 Å². The molecule has 0 saturated carbocycles. The van der Waals surface area contributed by atoms with E-state index < -0.39 is 0 Å². The molecule has 0 radical (unpaired) electrons. The van der Waals surface area contributed by atoms with E-state index in [4.69, 9.17) is 29.7 Å². The van der Waals surface area contributed by atoms with Gasteiger partial charge in [-0.15, -0.1) is 0 Å². The van der Waals surface area contributed by atoms with Crippen LogP contribution in [0, 0.1) is 6.92 Å². The Bertz CT molecular complexity index is 352. The van der Waals surface area contributed by atoms with Crippen molar-refractivity contribution in [2.24, 2.45) is 5.84 Å². The average molecular weight is 230 g/mol. The zero-order chi connectivity index (χ0) is 10.7. The van der Waals surface area contributed by atoms with Crippen LogP contribution in [0.25, 0.3) is 0 Å². The van der Waals surface area contributed by atoms with E-state index >= 15 is 0 Å². The van der Waals surface area contributed by atoms with Crippen molar-refractivity contribution < 1.29 is 0 Å². The van der Waals surface area contributed by atoms with Crippen molar-refractivity contribution in [1.29, 1.82) is 0 Å². The van der Waals surface area contributed by atoms with E-state index in [0.29, 0.717) is 10.1 Å². The van der Waals surface area contributed by atoms with Gasteiger partial charge in [0.2, 0.25) is 0 Å². The minimum absolute atomic E-state index is 0.454. The van der Waals surface area contributed by atoms with Crippen molar-refractivity contribution >= 4 is 34.6 Å². The van der Waals surface area contributed by atoms with Gasteiger partial charge < -0.3 is 5.32 Å². The number of nitrogens with zero attached hydrogens (tertiary/aromatic N) is 1. The molecule has 1 aromatic carbocycles. The summed E-state index contributed by atoms with van der Waals surface area (Å²) in [5.41, 5.74) is 1.83. The molecule has 5 heteroatoms. The SMILES string of the molecule is Cc1c(Cl)cccc1NC(=S)N(C)N. The number of anilines is 1. The fourth-order valence-electron chi connectivity index (χ4n) is 0.946.